The molecule has 0 saturated heterocycles. The molecule has 2 aromatic rings. The first-order valence-electron chi connectivity index (χ1n) is 12.2. The minimum absolute atomic E-state index is 0.0598. The summed E-state index contributed by atoms with van der Waals surface area (Å²) >= 11 is 0. The second-order valence-electron chi connectivity index (χ2n) is 10.8. The zero-order chi connectivity index (χ0) is 26.3. The Morgan fingerprint density at radius 2 is 1.89 bits per heavy atom. The summed E-state index contributed by atoms with van der Waals surface area (Å²) in [6.45, 7) is 7.96. The van der Waals surface area contributed by atoms with Crippen LogP contribution in [0.5, 0.6) is 17.2 Å². The van der Waals surface area contributed by atoms with Crippen molar-refractivity contribution in [2.45, 2.75) is 45.9 Å². The van der Waals surface area contributed by atoms with Crippen LogP contribution < -0.4 is 14.8 Å². The number of nitrogens with zero attached hydrogens (tertiary/aromatic N) is 1. The highest BCUT2D eigenvalue weighted by Gasteiger charge is 2.64. The predicted molar refractivity (Wildman–Crippen MR) is 136 cm³/mol. The number of phenols is 1. The quantitative estimate of drug-likeness (QED) is 0.355. The van der Waals surface area contributed by atoms with Crippen molar-refractivity contribution in [2.75, 3.05) is 0 Å². The van der Waals surface area contributed by atoms with E-state index in [9.17, 15) is 20.2 Å². The zero-order valence-electron chi connectivity index (χ0n) is 21.0. The first kappa shape index (κ1) is 23.4. The van der Waals surface area contributed by atoms with Crippen molar-refractivity contribution in [3.05, 3.63) is 88.2 Å². The molecule has 8 heteroatoms. The van der Waals surface area contributed by atoms with Crippen LogP contribution in [-0.2, 0) is 6.42 Å². The fraction of sp³-hybridized carbons (Fsp3) is 0.310. The van der Waals surface area contributed by atoms with Crippen LogP contribution in [0, 0.1) is 10.8 Å². The summed E-state index contributed by atoms with van der Waals surface area (Å²) in [6.07, 6.45) is 4.95. The second kappa shape index (κ2) is 7.49. The van der Waals surface area contributed by atoms with Crippen molar-refractivity contribution in [1.29, 1.82) is 0 Å². The Kier molecular flexibility index (Phi) is 4.73. The number of rotatable bonds is 2. The molecule has 2 aliphatic heterocycles. The van der Waals surface area contributed by atoms with E-state index in [0.29, 0.717) is 34.8 Å². The number of phenolic OH excluding ortho intramolecular Hbond substituents is 1. The summed E-state index contributed by atoms with van der Waals surface area (Å²) in [6, 6.07) is 10.6. The highest BCUT2D eigenvalue weighted by atomic mass is 16.5. The molecule has 6 rings (SSSR count). The van der Waals surface area contributed by atoms with Crippen LogP contribution in [-0.4, -0.2) is 32.6 Å². The molecule has 2 aromatic carbocycles. The van der Waals surface area contributed by atoms with Crippen molar-refractivity contribution >= 4 is 11.6 Å². The summed E-state index contributed by atoms with van der Waals surface area (Å²) in [5.41, 5.74) is 0.562. The number of fused-ring (bicyclic) bond motifs is 3. The fourth-order valence-corrected chi connectivity index (χ4v) is 6.28. The van der Waals surface area contributed by atoms with Gasteiger partial charge in [-0.15, -0.1) is 0 Å². The van der Waals surface area contributed by atoms with Gasteiger partial charge in [-0.05, 0) is 37.1 Å². The molecule has 0 aromatic heterocycles. The Labute approximate surface area is 214 Å². The average molecular weight is 501 g/mol. The lowest BCUT2D eigenvalue weighted by molar-refractivity contribution is 0.00382. The van der Waals surface area contributed by atoms with Crippen molar-refractivity contribution in [2.24, 2.45) is 16.0 Å². The number of hydrogen-bond donors (Lipinski definition) is 4. The van der Waals surface area contributed by atoms with Gasteiger partial charge in [0.15, 0.2) is 17.6 Å². The highest BCUT2D eigenvalue weighted by molar-refractivity contribution is 6.07. The number of oxime groups is 1. The minimum atomic E-state index is -1.26. The Hall–Kier alpha value is -4.04. The maximum absolute atomic E-state index is 12.5. The highest BCUT2D eigenvalue weighted by Crippen LogP contribution is 2.63. The van der Waals surface area contributed by atoms with Crippen LogP contribution in [0.4, 0.5) is 0 Å². The minimum Gasteiger partial charge on any atom is -0.508 e. The molecule has 0 radical (unpaired) electrons. The van der Waals surface area contributed by atoms with Crippen LogP contribution in [0.25, 0.3) is 0 Å². The van der Waals surface area contributed by atoms with E-state index in [-0.39, 0.29) is 17.1 Å². The molecule has 2 aliphatic carbocycles. The lowest BCUT2D eigenvalue weighted by Crippen LogP contribution is -2.62. The number of benzene rings is 2. The van der Waals surface area contributed by atoms with Crippen LogP contribution in [0.2, 0.25) is 0 Å². The summed E-state index contributed by atoms with van der Waals surface area (Å²) in [7, 11) is 0. The Bertz CT molecular complexity index is 1490. The number of amides is 1. The van der Waals surface area contributed by atoms with Crippen molar-refractivity contribution in [3.63, 3.8) is 0 Å². The molecule has 0 fully saturated rings. The van der Waals surface area contributed by atoms with Gasteiger partial charge < -0.3 is 30.2 Å². The average Bonchev–Trinajstić information content (AvgIpc) is 3.12. The van der Waals surface area contributed by atoms with Crippen LogP contribution >= 0.6 is 0 Å². The van der Waals surface area contributed by atoms with Crippen LogP contribution in [0.15, 0.2) is 76.7 Å². The smallest absolute Gasteiger partial charge is 0.254 e. The number of aliphatic hydroxyl groups is 1. The van der Waals surface area contributed by atoms with E-state index in [2.05, 4.69) is 17.4 Å². The molecule has 190 valence electrons. The Morgan fingerprint density at radius 3 is 2.59 bits per heavy atom. The SMILES string of the molecule is CC1=CC=C2C(C)(C)C(=NO)C(Oc3ccccc3)=CC23Oc2c(c(O)cc4c2C(O)NC4=O)CC13C. The maximum atomic E-state index is 12.5. The van der Waals surface area contributed by atoms with Crippen molar-refractivity contribution in [3.8, 4) is 17.2 Å². The van der Waals surface area contributed by atoms with E-state index >= 15 is 0 Å². The Morgan fingerprint density at radius 1 is 1.16 bits per heavy atom. The summed E-state index contributed by atoms with van der Waals surface area (Å²) in [5.74, 6) is 0.642. The predicted octanol–water partition coefficient (Wildman–Crippen LogP) is 4.53. The molecule has 3 unspecified atom stereocenters. The third kappa shape index (κ3) is 2.93. The molecule has 37 heavy (non-hydrogen) atoms. The number of nitrogens with one attached hydrogen (secondary N) is 1. The van der Waals surface area contributed by atoms with Gasteiger partial charge in [0, 0.05) is 22.5 Å². The third-order valence-electron chi connectivity index (χ3n) is 8.47. The second-order valence-corrected chi connectivity index (χ2v) is 10.8. The van der Waals surface area contributed by atoms with E-state index in [4.69, 9.17) is 9.47 Å². The van der Waals surface area contributed by atoms with Crippen LogP contribution in [0.1, 0.15) is 55.4 Å². The number of aliphatic hydroxyl groups excluding tert-OH is 1. The van der Waals surface area contributed by atoms with E-state index in [1.165, 1.54) is 6.07 Å². The number of allylic oxidation sites excluding steroid dienone is 3. The molecule has 1 spiro atoms. The normalized spacial score (nSPS) is 30.0. The van der Waals surface area contributed by atoms with Gasteiger partial charge in [0.25, 0.3) is 5.91 Å². The first-order valence-corrected chi connectivity index (χ1v) is 12.2. The van der Waals surface area contributed by atoms with Gasteiger partial charge >= 0.3 is 0 Å². The van der Waals surface area contributed by atoms with Crippen LogP contribution in [0.3, 0.4) is 0 Å². The third-order valence-corrected chi connectivity index (χ3v) is 8.47. The molecule has 4 aliphatic rings. The van der Waals surface area contributed by atoms with Gasteiger partial charge in [-0.2, -0.15) is 0 Å². The number of aromatic hydroxyl groups is 1. The van der Waals surface area contributed by atoms with Gasteiger partial charge in [-0.3, -0.25) is 4.79 Å². The molecule has 0 saturated carbocycles. The largest absolute Gasteiger partial charge is 0.508 e. The van der Waals surface area contributed by atoms with Gasteiger partial charge in [0.1, 0.15) is 23.0 Å². The number of carbonyl (C=O) groups excluding carboxylic acids is 1. The van der Waals surface area contributed by atoms with E-state index in [0.717, 1.165) is 11.1 Å². The molecule has 8 nitrogen and oxygen atoms in total. The monoisotopic (exact) mass is 500 g/mol. The van der Waals surface area contributed by atoms with Gasteiger partial charge in [-0.25, -0.2) is 0 Å². The fourth-order valence-electron chi connectivity index (χ4n) is 6.28. The molecule has 3 atom stereocenters. The maximum Gasteiger partial charge on any atom is 0.254 e. The van der Waals surface area contributed by atoms with Crippen molar-refractivity contribution < 1.29 is 29.7 Å². The topological polar surface area (TPSA) is 121 Å². The van der Waals surface area contributed by atoms with Gasteiger partial charge in [0.2, 0.25) is 0 Å². The lowest BCUT2D eigenvalue weighted by Gasteiger charge is -2.58. The lowest BCUT2D eigenvalue weighted by atomic mass is 9.52. The zero-order valence-corrected chi connectivity index (χ0v) is 21.0. The molecular weight excluding hydrogens is 472 g/mol. The van der Waals surface area contributed by atoms with Crippen molar-refractivity contribution in [1.82, 2.24) is 5.32 Å². The van der Waals surface area contributed by atoms with E-state index in [1.807, 2.05) is 69.3 Å². The summed E-state index contributed by atoms with van der Waals surface area (Å²) in [5, 5.41) is 38.0. The molecular formula is C29H28N2O6. The number of carbonyl (C=O) groups is 1. The van der Waals surface area contributed by atoms with Gasteiger partial charge in [0.05, 0.1) is 11.1 Å². The number of hydrogen-bond acceptors (Lipinski definition) is 7. The Balaban J connectivity index is 1.65. The molecule has 4 N–H and O–H groups in total. The number of para-hydroxylation sites is 1. The molecule has 1 amide bonds. The van der Waals surface area contributed by atoms with E-state index < -0.39 is 28.6 Å². The molecule has 2 heterocycles. The standard InChI is InChI=1S/C29H28N2O6/c1-15-10-11-21-27(2,3)24(31-35)20(36-16-8-6-5-7-9-16)14-29(21)28(15,4)13-18-19(32)12-17-22(23(18)37-29)26(34)30-25(17)33/h5-12,14,26,32,34-35H,13H2,1-4H3,(H,30,33). The molecule has 0 bridgehead atoms. The van der Waals surface area contributed by atoms with E-state index in [1.54, 1.807) is 0 Å². The first-order chi connectivity index (χ1) is 17.5. The van der Waals surface area contributed by atoms with Gasteiger partial charge in [-0.1, -0.05) is 61.9 Å². The number of ether oxygens (including phenoxy) is 2. The summed E-state index contributed by atoms with van der Waals surface area (Å²) < 4.78 is 13.2. The summed E-state index contributed by atoms with van der Waals surface area (Å²) in [4.78, 5) is 12.5.